The molecule has 1 aromatic rings. The number of aromatic nitrogens is 1. The molecular weight excluding hydrogens is 243 g/mol. The van der Waals surface area contributed by atoms with Gasteiger partial charge in [0.05, 0.1) is 18.0 Å². The lowest BCUT2D eigenvalue weighted by Gasteiger charge is -2.28. The zero-order valence-corrected chi connectivity index (χ0v) is 11.2. The summed E-state index contributed by atoms with van der Waals surface area (Å²) in [7, 11) is 0. The van der Waals surface area contributed by atoms with Crippen molar-refractivity contribution in [3.8, 4) is 0 Å². The third-order valence-corrected chi connectivity index (χ3v) is 4.91. The molecule has 3 rings (SSSR count). The Bertz CT molecular complexity index is 436. The number of pyridine rings is 1. The second-order valence-corrected chi connectivity index (χ2v) is 5.99. The summed E-state index contributed by atoms with van der Waals surface area (Å²) in [5.74, 6) is 1.20. The Hall–Kier alpha value is -1.00. The molecule has 1 saturated carbocycles. The van der Waals surface area contributed by atoms with Gasteiger partial charge in [-0.15, -0.1) is 0 Å². The van der Waals surface area contributed by atoms with Gasteiger partial charge in [0.15, 0.2) is 0 Å². The highest BCUT2D eigenvalue weighted by Crippen LogP contribution is 2.42. The number of nitrogens with one attached hydrogen (secondary N) is 1. The van der Waals surface area contributed by atoms with E-state index in [2.05, 4.69) is 17.2 Å². The largest absolute Gasteiger partial charge is 0.386 e. The predicted molar refractivity (Wildman–Crippen MR) is 70.9 cm³/mol. The summed E-state index contributed by atoms with van der Waals surface area (Å²) in [6, 6.07) is 3.30. The van der Waals surface area contributed by atoms with Crippen molar-refractivity contribution in [2.24, 2.45) is 17.8 Å². The number of rotatable bonds is 3. The first-order valence-corrected chi connectivity index (χ1v) is 7.19. The van der Waals surface area contributed by atoms with E-state index in [0.717, 1.165) is 12.5 Å². The summed E-state index contributed by atoms with van der Waals surface area (Å²) >= 11 is 0. The van der Waals surface area contributed by atoms with Gasteiger partial charge in [-0.2, -0.15) is 0 Å². The van der Waals surface area contributed by atoms with Crippen molar-refractivity contribution in [3.63, 3.8) is 0 Å². The number of fused-ring (bicyclic) bond motifs is 1. The van der Waals surface area contributed by atoms with Gasteiger partial charge in [0, 0.05) is 12.0 Å². The Morgan fingerprint density at radius 1 is 1.42 bits per heavy atom. The second-order valence-electron chi connectivity index (χ2n) is 5.99. The summed E-state index contributed by atoms with van der Waals surface area (Å²) in [5.41, 5.74) is 0.567. The first-order chi connectivity index (χ1) is 9.16. The molecule has 1 aliphatic carbocycles. The van der Waals surface area contributed by atoms with Crippen molar-refractivity contribution in [3.05, 3.63) is 29.8 Å². The fourth-order valence-corrected chi connectivity index (χ4v) is 3.83. The van der Waals surface area contributed by atoms with Gasteiger partial charge >= 0.3 is 0 Å². The average Bonchev–Trinajstić information content (AvgIpc) is 3.00. The minimum absolute atomic E-state index is 0.103. The minimum Gasteiger partial charge on any atom is -0.386 e. The molecule has 0 spiro atoms. The molecule has 0 amide bonds. The summed E-state index contributed by atoms with van der Waals surface area (Å²) in [6.45, 7) is 3.14. The third kappa shape index (κ3) is 2.39. The van der Waals surface area contributed by atoms with Crippen LogP contribution in [0.2, 0.25) is 0 Å². The molecule has 0 radical (unpaired) electrons. The fourth-order valence-electron chi connectivity index (χ4n) is 3.83. The summed E-state index contributed by atoms with van der Waals surface area (Å²) in [5, 5.41) is 14.0. The molecule has 1 aromatic heterocycles. The summed E-state index contributed by atoms with van der Waals surface area (Å²) < 4.78 is 12.9. The molecule has 104 valence electrons. The molecule has 2 N–H and O–H groups in total. The Kier molecular flexibility index (Phi) is 3.54. The van der Waals surface area contributed by atoms with Crippen molar-refractivity contribution in [1.82, 2.24) is 10.3 Å². The number of nitrogens with zero attached hydrogens (tertiary/aromatic N) is 1. The number of aliphatic hydroxyl groups excluding tert-OH is 1. The Morgan fingerprint density at radius 3 is 3.00 bits per heavy atom. The highest BCUT2D eigenvalue weighted by molar-refractivity contribution is 5.11. The van der Waals surface area contributed by atoms with E-state index >= 15 is 0 Å². The van der Waals surface area contributed by atoms with E-state index < -0.39 is 6.10 Å². The maximum atomic E-state index is 12.9. The molecule has 2 aliphatic rings. The van der Waals surface area contributed by atoms with E-state index in [1.54, 1.807) is 6.07 Å². The fraction of sp³-hybridized carbons (Fsp3) is 0.667. The zero-order chi connectivity index (χ0) is 13.4. The molecule has 5 unspecified atom stereocenters. The number of aliphatic hydroxyl groups is 1. The maximum Gasteiger partial charge on any atom is 0.141 e. The lowest BCUT2D eigenvalue weighted by molar-refractivity contribution is 0.0824. The van der Waals surface area contributed by atoms with Crippen molar-refractivity contribution in [2.75, 3.05) is 6.54 Å². The quantitative estimate of drug-likeness (QED) is 0.880. The first-order valence-electron chi connectivity index (χ1n) is 7.19. The van der Waals surface area contributed by atoms with Crippen molar-refractivity contribution >= 4 is 0 Å². The van der Waals surface area contributed by atoms with E-state index in [4.69, 9.17) is 0 Å². The molecule has 0 aromatic carbocycles. The van der Waals surface area contributed by atoms with Gasteiger partial charge in [-0.05, 0) is 43.4 Å². The number of hydrogen-bond donors (Lipinski definition) is 2. The zero-order valence-electron chi connectivity index (χ0n) is 11.2. The van der Waals surface area contributed by atoms with Crippen LogP contribution in [-0.2, 0) is 0 Å². The van der Waals surface area contributed by atoms with E-state index in [1.807, 2.05) is 0 Å². The van der Waals surface area contributed by atoms with Crippen LogP contribution in [0.3, 0.4) is 0 Å². The summed E-state index contributed by atoms with van der Waals surface area (Å²) in [4.78, 5) is 4.00. The molecule has 2 fully saturated rings. The highest BCUT2D eigenvalue weighted by Gasteiger charge is 2.43. The van der Waals surface area contributed by atoms with Gasteiger partial charge in [-0.25, -0.2) is 4.39 Å². The van der Waals surface area contributed by atoms with E-state index in [-0.39, 0.29) is 11.7 Å². The Balaban J connectivity index is 1.72. The predicted octanol–water partition coefficient (Wildman–Crippen LogP) is 2.28. The average molecular weight is 264 g/mol. The molecule has 3 nitrogen and oxygen atoms in total. The number of halogens is 1. The van der Waals surface area contributed by atoms with Crippen LogP contribution in [0, 0.1) is 23.6 Å². The second kappa shape index (κ2) is 5.17. The Labute approximate surface area is 113 Å². The van der Waals surface area contributed by atoms with E-state index in [1.165, 1.54) is 31.5 Å². The number of hydrogen-bond acceptors (Lipinski definition) is 3. The van der Waals surface area contributed by atoms with Gasteiger partial charge < -0.3 is 10.4 Å². The standard InChI is InChI=1S/C15H21FN2O/c1-9(14-12-4-2-3-10(12)7-18-14)15(19)13-6-5-11(16)8-17-13/h5-6,8-10,12,14-15,18-19H,2-4,7H2,1H3. The lowest BCUT2D eigenvalue weighted by atomic mass is 9.83. The van der Waals surface area contributed by atoms with Gasteiger partial charge in [0.25, 0.3) is 0 Å². The molecular formula is C15H21FN2O. The van der Waals surface area contributed by atoms with Gasteiger partial charge in [0.1, 0.15) is 5.82 Å². The SMILES string of the molecule is CC(C(O)c1ccc(F)cn1)C1NCC2CCCC21. The van der Waals surface area contributed by atoms with Crippen LogP contribution >= 0.6 is 0 Å². The Morgan fingerprint density at radius 2 is 2.26 bits per heavy atom. The van der Waals surface area contributed by atoms with Crippen LogP contribution in [0.1, 0.15) is 38.0 Å². The first kappa shape index (κ1) is 13.0. The molecule has 1 saturated heterocycles. The third-order valence-electron chi connectivity index (χ3n) is 4.91. The van der Waals surface area contributed by atoms with Crippen molar-refractivity contribution in [1.29, 1.82) is 0 Å². The smallest absolute Gasteiger partial charge is 0.141 e. The van der Waals surface area contributed by atoms with Crippen LogP contribution in [0.25, 0.3) is 0 Å². The molecule has 2 heterocycles. The van der Waals surface area contributed by atoms with Crippen molar-refractivity contribution < 1.29 is 9.50 Å². The molecule has 0 bridgehead atoms. The van der Waals surface area contributed by atoms with Crippen LogP contribution < -0.4 is 5.32 Å². The van der Waals surface area contributed by atoms with E-state index in [9.17, 15) is 9.50 Å². The van der Waals surface area contributed by atoms with Crippen LogP contribution in [0.4, 0.5) is 4.39 Å². The van der Waals surface area contributed by atoms with Gasteiger partial charge in [-0.3, -0.25) is 4.98 Å². The van der Waals surface area contributed by atoms with Crippen LogP contribution in [0.5, 0.6) is 0 Å². The monoisotopic (exact) mass is 264 g/mol. The highest BCUT2D eigenvalue weighted by atomic mass is 19.1. The molecule has 19 heavy (non-hydrogen) atoms. The minimum atomic E-state index is -0.627. The van der Waals surface area contributed by atoms with Gasteiger partial charge in [-0.1, -0.05) is 13.3 Å². The van der Waals surface area contributed by atoms with Crippen LogP contribution in [-0.4, -0.2) is 22.7 Å². The lowest BCUT2D eigenvalue weighted by Crippen LogP contribution is -2.37. The van der Waals surface area contributed by atoms with Gasteiger partial charge in [0.2, 0.25) is 0 Å². The normalized spacial score (nSPS) is 33.1. The maximum absolute atomic E-state index is 12.9. The van der Waals surface area contributed by atoms with Crippen molar-refractivity contribution in [2.45, 2.75) is 38.3 Å². The van der Waals surface area contributed by atoms with Crippen LogP contribution in [0.15, 0.2) is 18.3 Å². The molecule has 1 aliphatic heterocycles. The summed E-state index contributed by atoms with van der Waals surface area (Å²) in [6.07, 6.45) is 4.43. The topological polar surface area (TPSA) is 45.2 Å². The molecule has 4 heteroatoms. The molecule has 5 atom stereocenters. The van der Waals surface area contributed by atoms with E-state index in [0.29, 0.717) is 17.7 Å².